The third kappa shape index (κ3) is 4.94. The van der Waals surface area contributed by atoms with Gasteiger partial charge in [-0.1, -0.05) is 12.1 Å². The van der Waals surface area contributed by atoms with Gasteiger partial charge in [0.1, 0.15) is 0 Å². The van der Waals surface area contributed by atoms with Crippen molar-refractivity contribution in [2.75, 3.05) is 11.9 Å². The van der Waals surface area contributed by atoms with Crippen molar-refractivity contribution < 1.29 is 32.3 Å². The highest BCUT2D eigenvalue weighted by atomic mass is 19.4. The first-order valence-corrected chi connectivity index (χ1v) is 10.8. The Morgan fingerprint density at radius 3 is 2.30 bits per heavy atom. The van der Waals surface area contributed by atoms with Crippen LogP contribution in [0.3, 0.4) is 0 Å². The number of carbonyl (C=O) groups excluding carboxylic acids is 4. The number of hydrazine groups is 1. The maximum absolute atomic E-state index is 13.5. The van der Waals surface area contributed by atoms with Crippen LogP contribution in [0.25, 0.3) is 0 Å². The molecule has 1 atom stereocenters. The number of ketones is 1. The number of carbonyl (C=O) groups is 4. The number of halogens is 3. The van der Waals surface area contributed by atoms with E-state index in [-0.39, 0.29) is 33.6 Å². The van der Waals surface area contributed by atoms with Crippen molar-refractivity contribution in [1.29, 1.82) is 5.26 Å². The Kier molecular flexibility index (Phi) is 7.22. The second-order valence-electron chi connectivity index (χ2n) is 8.34. The molecule has 0 aliphatic carbocycles. The summed E-state index contributed by atoms with van der Waals surface area (Å²) in [6.45, 7) is 3.68. The number of benzene rings is 2. The van der Waals surface area contributed by atoms with Crippen LogP contribution in [0, 0.1) is 11.3 Å². The summed E-state index contributed by atoms with van der Waals surface area (Å²) in [7, 11) is 1.32. The number of urea groups is 1. The van der Waals surface area contributed by atoms with Crippen LogP contribution in [-0.2, 0) is 15.8 Å². The zero-order valence-corrected chi connectivity index (χ0v) is 20.3. The van der Waals surface area contributed by atoms with Crippen molar-refractivity contribution in [3.63, 3.8) is 0 Å². The molecule has 0 bridgehead atoms. The molecule has 1 unspecified atom stereocenters. The molecule has 0 aromatic heterocycles. The molecule has 0 saturated heterocycles. The van der Waals surface area contributed by atoms with Crippen molar-refractivity contribution in [2.24, 2.45) is 5.84 Å². The van der Waals surface area contributed by atoms with E-state index < -0.39 is 41.4 Å². The molecule has 2 aromatic carbocycles. The van der Waals surface area contributed by atoms with Gasteiger partial charge in [0.05, 0.1) is 28.9 Å². The van der Waals surface area contributed by atoms with Gasteiger partial charge in [0.15, 0.2) is 5.78 Å². The molecule has 0 saturated carbocycles. The van der Waals surface area contributed by atoms with Crippen LogP contribution in [0.4, 0.5) is 23.7 Å². The number of rotatable bonds is 4. The third-order valence-electron chi connectivity index (χ3n) is 5.96. The van der Waals surface area contributed by atoms with Crippen molar-refractivity contribution in [2.45, 2.75) is 33.0 Å². The predicted molar refractivity (Wildman–Crippen MR) is 125 cm³/mol. The molecule has 4 amide bonds. The molecule has 0 spiro atoms. The minimum atomic E-state index is -4.66. The Hall–Kier alpha value is -4.50. The second kappa shape index (κ2) is 9.87. The summed E-state index contributed by atoms with van der Waals surface area (Å²) in [6, 6.07) is 7.95. The van der Waals surface area contributed by atoms with Crippen LogP contribution in [0.1, 0.15) is 53.9 Å². The number of Topliss-reactive ketones (excluding diaryl/α,β-unsaturated/α-hetero) is 1. The maximum Gasteiger partial charge on any atom is 0.416 e. The fourth-order valence-electron chi connectivity index (χ4n) is 4.18. The number of allylic oxidation sites excluding steroid dienone is 1. The van der Waals surface area contributed by atoms with Gasteiger partial charge < -0.3 is 4.90 Å². The van der Waals surface area contributed by atoms with Gasteiger partial charge in [0.25, 0.3) is 5.91 Å². The Bertz CT molecular complexity index is 1390. The van der Waals surface area contributed by atoms with Crippen molar-refractivity contribution in [3.05, 3.63) is 76.0 Å². The number of amides is 4. The van der Waals surface area contributed by atoms with Crippen LogP contribution in [0.2, 0.25) is 0 Å². The van der Waals surface area contributed by atoms with Crippen molar-refractivity contribution in [3.8, 4) is 6.07 Å². The monoisotopic (exact) mass is 513 g/mol. The number of nitriles is 1. The lowest BCUT2D eigenvalue weighted by Gasteiger charge is -2.41. The van der Waals surface area contributed by atoms with Gasteiger partial charge in [0.2, 0.25) is 5.91 Å². The summed E-state index contributed by atoms with van der Waals surface area (Å²) in [4.78, 5) is 53.2. The van der Waals surface area contributed by atoms with Crippen LogP contribution in [0.15, 0.2) is 53.7 Å². The highest BCUT2D eigenvalue weighted by molar-refractivity contribution is 6.07. The van der Waals surface area contributed by atoms with Gasteiger partial charge in [0, 0.05) is 30.8 Å². The fourth-order valence-corrected chi connectivity index (χ4v) is 4.18. The minimum Gasteiger partial charge on any atom is -0.316 e. The van der Waals surface area contributed by atoms with Crippen LogP contribution >= 0.6 is 0 Å². The van der Waals surface area contributed by atoms with E-state index in [0.717, 1.165) is 34.9 Å². The summed E-state index contributed by atoms with van der Waals surface area (Å²) in [6.07, 6.45) is -4.66. The smallest absolute Gasteiger partial charge is 0.316 e. The van der Waals surface area contributed by atoms with E-state index in [0.29, 0.717) is 5.01 Å². The minimum absolute atomic E-state index is 0.0182. The first-order chi connectivity index (χ1) is 17.2. The lowest BCUT2D eigenvalue weighted by Crippen LogP contribution is -2.49. The number of anilines is 1. The summed E-state index contributed by atoms with van der Waals surface area (Å²) in [5, 5.41) is 9.66. The van der Waals surface area contributed by atoms with E-state index in [1.165, 1.54) is 45.2 Å². The molecule has 0 radical (unpaired) electrons. The van der Waals surface area contributed by atoms with E-state index in [1.807, 2.05) is 6.07 Å². The van der Waals surface area contributed by atoms with E-state index >= 15 is 0 Å². The van der Waals surface area contributed by atoms with Gasteiger partial charge in [-0.05, 0) is 49.7 Å². The number of hydrogen-bond donors (Lipinski definition) is 1. The SMILES string of the molecule is CC(=O)C1=C(C)N(c2cccc(C(F)(F)F)c2)C(=O)N(C)C1c1ccc(C#N)cc1C(=O)N(N)C(C)=O. The molecule has 0 fully saturated rings. The number of nitrogens with zero attached hydrogens (tertiary/aromatic N) is 4. The van der Waals surface area contributed by atoms with Gasteiger partial charge in [-0.25, -0.2) is 15.6 Å². The molecule has 9 nitrogen and oxygen atoms in total. The van der Waals surface area contributed by atoms with Crippen molar-refractivity contribution in [1.82, 2.24) is 9.91 Å². The van der Waals surface area contributed by atoms with Gasteiger partial charge >= 0.3 is 12.2 Å². The van der Waals surface area contributed by atoms with Gasteiger partial charge in [-0.2, -0.15) is 18.4 Å². The van der Waals surface area contributed by atoms with Crippen LogP contribution in [0.5, 0.6) is 0 Å². The maximum atomic E-state index is 13.5. The Morgan fingerprint density at radius 1 is 1.11 bits per heavy atom. The zero-order chi connectivity index (χ0) is 27.8. The van der Waals surface area contributed by atoms with E-state index in [4.69, 9.17) is 5.84 Å². The highest BCUT2D eigenvalue weighted by Gasteiger charge is 2.42. The molecule has 3 rings (SSSR count). The van der Waals surface area contributed by atoms with Crippen molar-refractivity contribution >= 4 is 29.3 Å². The van der Waals surface area contributed by atoms with Gasteiger partial charge in [-0.15, -0.1) is 0 Å². The molecule has 1 aliphatic rings. The molecular formula is C25H22F3N5O4. The largest absolute Gasteiger partial charge is 0.416 e. The molecule has 192 valence electrons. The number of likely N-dealkylation sites (N-methyl/N-ethyl adjacent to an activating group) is 1. The number of hydrogen-bond acceptors (Lipinski definition) is 6. The Labute approximate surface area is 210 Å². The molecule has 37 heavy (non-hydrogen) atoms. The molecule has 12 heteroatoms. The Balaban J connectivity index is 2.28. The summed E-state index contributed by atoms with van der Waals surface area (Å²) in [5.74, 6) is 3.33. The summed E-state index contributed by atoms with van der Waals surface area (Å²) >= 11 is 0. The number of imide groups is 1. The van der Waals surface area contributed by atoms with E-state index in [2.05, 4.69) is 0 Å². The number of alkyl halides is 3. The first-order valence-electron chi connectivity index (χ1n) is 10.8. The zero-order valence-electron chi connectivity index (χ0n) is 20.3. The Morgan fingerprint density at radius 2 is 1.76 bits per heavy atom. The highest BCUT2D eigenvalue weighted by Crippen LogP contribution is 2.41. The molecule has 2 N–H and O–H groups in total. The first kappa shape index (κ1) is 27.1. The second-order valence-corrected chi connectivity index (χ2v) is 8.34. The predicted octanol–water partition coefficient (Wildman–Crippen LogP) is 3.92. The number of nitrogens with two attached hydrogens (primary N) is 1. The fraction of sp³-hybridized carbons (Fsp3) is 0.240. The molecule has 1 aliphatic heterocycles. The normalized spacial score (nSPS) is 16.0. The topological polar surface area (TPSA) is 128 Å². The average molecular weight is 513 g/mol. The molecular weight excluding hydrogens is 491 g/mol. The summed E-state index contributed by atoms with van der Waals surface area (Å²) < 4.78 is 40.0. The third-order valence-corrected chi connectivity index (χ3v) is 5.96. The lowest BCUT2D eigenvalue weighted by molar-refractivity contribution is -0.137. The average Bonchev–Trinajstić information content (AvgIpc) is 2.84. The lowest BCUT2D eigenvalue weighted by atomic mass is 9.87. The van der Waals surface area contributed by atoms with Gasteiger partial charge in [-0.3, -0.25) is 19.3 Å². The standard InChI is InChI=1S/C25H22F3N5O4/c1-13-21(14(2)34)22(19-9-8-16(12-29)10-20(19)23(36)33(30)15(3)35)31(4)24(37)32(13)18-7-5-6-17(11-18)25(26,27)28/h5-11,22H,30H2,1-4H3. The van der Waals surface area contributed by atoms with E-state index in [9.17, 15) is 37.6 Å². The van der Waals surface area contributed by atoms with E-state index in [1.54, 1.807) is 0 Å². The van der Waals surface area contributed by atoms with Crippen LogP contribution < -0.4 is 10.7 Å². The summed E-state index contributed by atoms with van der Waals surface area (Å²) in [5.41, 5.74) is -1.05. The molecule has 2 aromatic rings. The molecule has 1 heterocycles. The quantitative estimate of drug-likeness (QED) is 0.375. The van der Waals surface area contributed by atoms with Crippen LogP contribution in [-0.4, -0.2) is 40.6 Å².